The monoisotopic (exact) mass is 729 g/mol. The van der Waals surface area contributed by atoms with Gasteiger partial charge in [-0.05, 0) is 0 Å². The van der Waals surface area contributed by atoms with Gasteiger partial charge in [0.15, 0.2) is 0 Å². The van der Waals surface area contributed by atoms with Gasteiger partial charge in [-0.25, -0.2) is 0 Å². The minimum atomic E-state index is -3.22. The van der Waals surface area contributed by atoms with E-state index in [2.05, 4.69) is 182 Å². The second-order valence-electron chi connectivity index (χ2n) is 10.8. The first kappa shape index (κ1) is 30.4. The van der Waals surface area contributed by atoms with Gasteiger partial charge in [0.25, 0.3) is 0 Å². The number of hydrogen-bond acceptors (Lipinski definition) is 3. The Kier molecular flexibility index (Phi) is 8.73. The molecule has 6 aromatic rings. The topological polar surface area (TPSA) is 43.4 Å². The van der Waals surface area contributed by atoms with Crippen LogP contribution in [0.5, 0.6) is 0 Å². The molecule has 0 saturated carbocycles. The Morgan fingerprint density at radius 2 is 0.609 bits per heavy atom. The zero-order valence-electron chi connectivity index (χ0n) is 24.9. The van der Waals surface area contributed by atoms with Crippen LogP contribution in [-0.2, 0) is 30.1 Å². The Labute approximate surface area is 275 Å². The summed E-state index contributed by atoms with van der Waals surface area (Å²) in [5.41, 5.74) is -6.43. The van der Waals surface area contributed by atoms with Crippen molar-refractivity contribution in [2.24, 2.45) is 0 Å². The van der Waals surface area contributed by atoms with Gasteiger partial charge in [0.05, 0.1) is 0 Å². The van der Waals surface area contributed by atoms with Crippen LogP contribution in [0.15, 0.2) is 192 Å². The molecule has 0 unspecified atom stereocenters. The van der Waals surface area contributed by atoms with Crippen molar-refractivity contribution in [3.05, 3.63) is 192 Å². The van der Waals surface area contributed by atoms with Crippen LogP contribution in [0.1, 0.15) is 0 Å². The molecule has 7 rings (SSSR count). The zero-order valence-corrected chi connectivity index (χ0v) is 28.5. The summed E-state index contributed by atoms with van der Waals surface area (Å²) in [5, 5.41) is 7.26. The van der Waals surface area contributed by atoms with E-state index in [1.54, 1.807) is 0 Å². The Balaban J connectivity index is 1.78. The second-order valence-corrected chi connectivity index (χ2v) is 31.3. The molecule has 0 fully saturated rings. The summed E-state index contributed by atoms with van der Waals surface area (Å²) in [5.74, 6) is -1.09. The molecule has 6 aromatic carbocycles. The number of hydrogen-bond donors (Lipinski definition) is 0. The molecular weight excluding hydrogens is 697 g/mol. The van der Waals surface area contributed by atoms with Gasteiger partial charge in [-0.3, -0.25) is 0 Å². The van der Waals surface area contributed by atoms with Gasteiger partial charge >= 0.3 is 277 Å². The molecule has 0 aromatic heterocycles. The molecular formula is C40H33O3P2Pd. The quantitative estimate of drug-likeness (QED) is 0.0812. The number of ether oxygens (including phenoxy) is 1. The standard InChI is InChI=1S/2C18H15P.C4HO3.Pd/c2*1-4-10-16(11-5-1)19(17-12-6-2-7-13-17)18-14-8-3-9-15-18;5-3-1-2-4(6)7-3;/h2*1-15H;1H;/q;;;-2/p+2. The van der Waals surface area contributed by atoms with E-state index in [0.717, 1.165) is 0 Å². The van der Waals surface area contributed by atoms with Crippen LogP contribution >= 0.6 is 10.9 Å². The molecule has 0 N–H and O–H groups in total. The summed E-state index contributed by atoms with van der Waals surface area (Å²) >= 11 is -2.42. The molecule has 0 amide bonds. The summed E-state index contributed by atoms with van der Waals surface area (Å²) in [6, 6.07) is 64.4. The number of cyclic esters (lactones) is 2. The van der Waals surface area contributed by atoms with Crippen LogP contribution in [0.4, 0.5) is 0 Å². The number of carbonyl (C=O) groups is 2. The van der Waals surface area contributed by atoms with Crippen LogP contribution in [0.2, 0.25) is 0 Å². The van der Waals surface area contributed by atoms with Crippen molar-refractivity contribution in [1.82, 2.24) is 0 Å². The van der Waals surface area contributed by atoms with E-state index >= 15 is 0 Å². The average molecular weight is 730 g/mol. The third-order valence-corrected chi connectivity index (χ3v) is 42.6. The molecule has 0 radical (unpaired) electrons. The second kappa shape index (κ2) is 13.2. The van der Waals surface area contributed by atoms with E-state index in [0.29, 0.717) is 4.05 Å². The Bertz CT molecular complexity index is 1670. The average Bonchev–Trinajstić information content (AvgIpc) is 3.47. The molecule has 0 spiro atoms. The molecule has 0 saturated heterocycles. The number of esters is 2. The van der Waals surface area contributed by atoms with Gasteiger partial charge in [-0.15, -0.1) is 0 Å². The fourth-order valence-corrected chi connectivity index (χ4v) is 51.4. The van der Waals surface area contributed by atoms with Gasteiger partial charge in [-0.1, -0.05) is 0 Å². The molecule has 3 nitrogen and oxygen atoms in total. The molecule has 0 atom stereocenters. The predicted molar refractivity (Wildman–Crippen MR) is 192 cm³/mol. The molecule has 6 heteroatoms. The molecule has 231 valence electrons. The normalized spacial score (nSPS) is 14.3. The van der Waals surface area contributed by atoms with E-state index < -0.39 is 38.6 Å². The van der Waals surface area contributed by atoms with Crippen LogP contribution < -0.4 is 31.8 Å². The van der Waals surface area contributed by atoms with E-state index in [1.807, 2.05) is 0 Å². The molecule has 1 aliphatic rings. The van der Waals surface area contributed by atoms with Crippen molar-refractivity contribution in [3.8, 4) is 0 Å². The van der Waals surface area contributed by atoms with Crippen molar-refractivity contribution in [1.29, 1.82) is 0 Å². The van der Waals surface area contributed by atoms with Crippen LogP contribution in [0.25, 0.3) is 0 Å². The fraction of sp³-hybridized carbons (Fsp3) is 0. The molecule has 1 aliphatic heterocycles. The van der Waals surface area contributed by atoms with E-state index in [9.17, 15) is 9.59 Å². The molecule has 1 heterocycles. The zero-order chi connectivity index (χ0) is 31.4. The Morgan fingerprint density at radius 3 is 0.804 bits per heavy atom. The summed E-state index contributed by atoms with van der Waals surface area (Å²) in [6.07, 6.45) is 1.54. The van der Waals surface area contributed by atoms with Gasteiger partial charge in [-0.2, -0.15) is 0 Å². The van der Waals surface area contributed by atoms with Crippen LogP contribution in [0.3, 0.4) is 0 Å². The summed E-state index contributed by atoms with van der Waals surface area (Å²) < 4.78 is 6.02. The van der Waals surface area contributed by atoms with E-state index in [4.69, 9.17) is 4.74 Å². The van der Waals surface area contributed by atoms with Crippen molar-refractivity contribution in [2.75, 3.05) is 0 Å². The summed E-state index contributed by atoms with van der Waals surface area (Å²) in [4.78, 5) is 27.4. The number of rotatable bonds is 9. The van der Waals surface area contributed by atoms with Gasteiger partial charge < -0.3 is 0 Å². The first-order chi connectivity index (χ1) is 22.7. The molecule has 0 aliphatic carbocycles. The van der Waals surface area contributed by atoms with Gasteiger partial charge in [0.2, 0.25) is 0 Å². The van der Waals surface area contributed by atoms with Crippen molar-refractivity contribution >= 4 is 54.7 Å². The predicted octanol–water partition coefficient (Wildman–Crippen LogP) is 5.85. The van der Waals surface area contributed by atoms with E-state index in [1.165, 1.54) is 37.9 Å². The van der Waals surface area contributed by atoms with E-state index in [-0.39, 0.29) is 0 Å². The summed E-state index contributed by atoms with van der Waals surface area (Å²) in [7, 11) is 0. The third-order valence-electron chi connectivity index (χ3n) is 8.18. The maximum absolute atomic E-state index is 14.3. The van der Waals surface area contributed by atoms with Gasteiger partial charge in [0, 0.05) is 0 Å². The van der Waals surface area contributed by atoms with Crippen LogP contribution in [-0.4, -0.2) is 11.9 Å². The van der Waals surface area contributed by atoms with Crippen LogP contribution in [0, 0.1) is 0 Å². The maximum atomic E-state index is 14.3. The first-order valence-electron chi connectivity index (χ1n) is 15.1. The fourth-order valence-electron chi connectivity index (χ4n) is 6.36. The van der Waals surface area contributed by atoms with Crippen molar-refractivity contribution in [3.63, 3.8) is 0 Å². The SMILES string of the molecule is O=C1C=[C]([Pd]([PH](c2ccccc2)(c2ccccc2)c2ccccc2)[PH](c2ccccc2)(c2ccccc2)c2ccccc2)C(=O)O1. The minimum absolute atomic E-state index is 0.509. The summed E-state index contributed by atoms with van der Waals surface area (Å²) in [6.45, 7) is 0. The first-order valence-corrected chi connectivity index (χ1v) is 24.2. The number of benzene rings is 6. The molecule has 46 heavy (non-hydrogen) atoms. The van der Waals surface area contributed by atoms with Crippen molar-refractivity contribution in [2.45, 2.75) is 0 Å². The molecule has 0 bridgehead atoms. The van der Waals surface area contributed by atoms with Gasteiger partial charge in [0.1, 0.15) is 0 Å². The third kappa shape index (κ3) is 5.13. The Morgan fingerprint density at radius 1 is 0.370 bits per heavy atom. The number of carbonyl (C=O) groups excluding carboxylic acids is 2. The van der Waals surface area contributed by atoms with Crippen molar-refractivity contribution < 1.29 is 30.1 Å². The Hall–Kier alpha value is -4.28.